The van der Waals surface area contributed by atoms with Crippen LogP contribution in [-0.2, 0) is 0 Å². The fourth-order valence-corrected chi connectivity index (χ4v) is 7.92. The van der Waals surface area contributed by atoms with Crippen LogP contribution < -0.4 is 9.47 Å². The molecule has 0 amide bonds. The van der Waals surface area contributed by atoms with Crippen LogP contribution in [0.25, 0.3) is 54.4 Å². The normalized spacial score (nSPS) is 11.3. The molecule has 0 radical (unpaired) electrons. The largest absolute Gasteiger partial charge is 0.494 e. The summed E-state index contributed by atoms with van der Waals surface area (Å²) in [5, 5.41) is 4.25. The standard InChI is InChI=1S/C44H50N2O2S2/c1-3-5-7-9-11-13-27-47-35-21-15-19-33(31-35)41-42(34-20-16-22-36(32-34)48-28-14-12-10-8-6-4-2)46-44-38(40-24-18-30-50-40)26-25-37(43(44)45-41)39-23-17-29-49-39/h15-26,29-32H,3-14,27-28H2,1-2H3. The minimum absolute atomic E-state index is 0.719. The molecular formula is C44H50N2O2S2. The fourth-order valence-electron chi connectivity index (χ4n) is 6.41. The molecule has 50 heavy (non-hydrogen) atoms. The summed E-state index contributed by atoms with van der Waals surface area (Å²) < 4.78 is 12.6. The van der Waals surface area contributed by atoms with Crippen molar-refractivity contribution in [2.75, 3.05) is 13.2 Å². The topological polar surface area (TPSA) is 44.2 Å². The number of ether oxygens (including phenoxy) is 2. The maximum absolute atomic E-state index is 6.30. The Morgan fingerprint density at radius 2 is 0.920 bits per heavy atom. The zero-order valence-corrected chi connectivity index (χ0v) is 31.3. The maximum atomic E-state index is 6.30. The van der Waals surface area contributed by atoms with Crippen molar-refractivity contribution < 1.29 is 9.47 Å². The van der Waals surface area contributed by atoms with E-state index in [-0.39, 0.29) is 0 Å². The van der Waals surface area contributed by atoms with Crippen LogP contribution >= 0.6 is 22.7 Å². The van der Waals surface area contributed by atoms with Crippen LogP contribution in [0.3, 0.4) is 0 Å². The summed E-state index contributed by atoms with van der Waals surface area (Å²) in [7, 11) is 0. The molecule has 0 aliphatic rings. The van der Waals surface area contributed by atoms with Gasteiger partial charge in [-0.05, 0) is 60.0 Å². The molecule has 0 saturated heterocycles. The number of hydrogen-bond donors (Lipinski definition) is 0. The lowest BCUT2D eigenvalue weighted by molar-refractivity contribution is 0.304. The third kappa shape index (κ3) is 9.41. The van der Waals surface area contributed by atoms with Crippen molar-refractivity contribution in [2.45, 2.75) is 90.9 Å². The third-order valence-electron chi connectivity index (χ3n) is 9.14. The third-order valence-corrected chi connectivity index (χ3v) is 11.0. The van der Waals surface area contributed by atoms with Crippen molar-refractivity contribution in [3.8, 4) is 54.9 Å². The first-order valence-electron chi connectivity index (χ1n) is 18.6. The van der Waals surface area contributed by atoms with Crippen LogP contribution in [0.5, 0.6) is 11.5 Å². The summed E-state index contributed by atoms with van der Waals surface area (Å²) in [5.74, 6) is 1.73. The van der Waals surface area contributed by atoms with Gasteiger partial charge in [-0.25, -0.2) is 9.97 Å². The van der Waals surface area contributed by atoms with E-state index >= 15 is 0 Å². The second-order valence-electron chi connectivity index (χ2n) is 13.0. The Bertz CT molecular complexity index is 1760. The van der Waals surface area contributed by atoms with Gasteiger partial charge in [-0.2, -0.15) is 0 Å². The van der Waals surface area contributed by atoms with Crippen molar-refractivity contribution in [1.82, 2.24) is 9.97 Å². The number of rotatable bonds is 20. The molecule has 0 N–H and O–H groups in total. The molecule has 0 aliphatic heterocycles. The van der Waals surface area contributed by atoms with Gasteiger partial charge in [-0.3, -0.25) is 0 Å². The number of unbranched alkanes of at least 4 members (excludes halogenated alkanes) is 10. The maximum Gasteiger partial charge on any atom is 0.119 e. The first-order chi connectivity index (χ1) is 24.7. The monoisotopic (exact) mass is 702 g/mol. The van der Waals surface area contributed by atoms with Crippen LogP contribution in [0.15, 0.2) is 95.7 Å². The molecule has 0 unspecified atom stereocenters. The highest BCUT2D eigenvalue weighted by molar-refractivity contribution is 7.14. The predicted molar refractivity (Wildman–Crippen MR) is 215 cm³/mol. The van der Waals surface area contributed by atoms with E-state index in [0.29, 0.717) is 0 Å². The lowest BCUT2D eigenvalue weighted by Gasteiger charge is -2.16. The van der Waals surface area contributed by atoms with Crippen LogP contribution in [0.2, 0.25) is 0 Å². The van der Waals surface area contributed by atoms with Gasteiger partial charge < -0.3 is 9.47 Å². The molecule has 0 spiro atoms. The van der Waals surface area contributed by atoms with Gasteiger partial charge in [0.05, 0.1) is 35.6 Å². The van der Waals surface area contributed by atoms with E-state index in [2.05, 4.69) is 110 Å². The minimum atomic E-state index is 0.719. The van der Waals surface area contributed by atoms with E-state index in [0.717, 1.165) is 82.2 Å². The van der Waals surface area contributed by atoms with Gasteiger partial charge in [-0.15, -0.1) is 22.7 Å². The second-order valence-corrected chi connectivity index (χ2v) is 14.9. The smallest absolute Gasteiger partial charge is 0.119 e. The predicted octanol–water partition coefficient (Wildman–Crippen LogP) is 13.9. The van der Waals surface area contributed by atoms with E-state index in [1.807, 2.05) is 0 Å². The highest BCUT2D eigenvalue weighted by atomic mass is 32.1. The van der Waals surface area contributed by atoms with E-state index < -0.39 is 0 Å². The van der Waals surface area contributed by atoms with Crippen molar-refractivity contribution in [3.63, 3.8) is 0 Å². The van der Waals surface area contributed by atoms with Crippen LogP contribution in [0.4, 0.5) is 0 Å². The molecule has 3 aromatic carbocycles. The number of thiophene rings is 2. The highest BCUT2D eigenvalue weighted by Gasteiger charge is 2.20. The number of fused-ring (bicyclic) bond motifs is 1. The lowest BCUT2D eigenvalue weighted by Crippen LogP contribution is -2.01. The molecule has 0 saturated carbocycles. The molecule has 6 aromatic rings. The molecule has 4 nitrogen and oxygen atoms in total. The first-order valence-corrected chi connectivity index (χ1v) is 20.4. The van der Waals surface area contributed by atoms with E-state index in [9.17, 15) is 0 Å². The van der Waals surface area contributed by atoms with Crippen molar-refractivity contribution in [2.24, 2.45) is 0 Å². The van der Waals surface area contributed by atoms with E-state index in [1.54, 1.807) is 22.7 Å². The van der Waals surface area contributed by atoms with Gasteiger partial charge in [0.15, 0.2) is 0 Å². The van der Waals surface area contributed by atoms with Gasteiger partial charge in [0.1, 0.15) is 11.5 Å². The van der Waals surface area contributed by atoms with Crippen molar-refractivity contribution >= 4 is 33.7 Å². The van der Waals surface area contributed by atoms with Gasteiger partial charge in [0.2, 0.25) is 0 Å². The number of nitrogens with zero attached hydrogens (tertiary/aromatic N) is 2. The van der Waals surface area contributed by atoms with Crippen LogP contribution in [0.1, 0.15) is 90.9 Å². The Hall–Kier alpha value is -4.00. The molecule has 260 valence electrons. The molecular weight excluding hydrogens is 653 g/mol. The summed E-state index contributed by atoms with van der Waals surface area (Å²) in [5.41, 5.74) is 7.69. The number of hydrogen-bond acceptors (Lipinski definition) is 6. The number of benzene rings is 3. The van der Waals surface area contributed by atoms with Gasteiger partial charge >= 0.3 is 0 Å². The molecule has 0 bridgehead atoms. The fraction of sp³-hybridized carbons (Fsp3) is 0.364. The zero-order chi connectivity index (χ0) is 34.4. The quantitative estimate of drug-likeness (QED) is 0.0743. The van der Waals surface area contributed by atoms with Gasteiger partial charge in [0, 0.05) is 32.0 Å². The highest BCUT2D eigenvalue weighted by Crippen LogP contribution is 2.41. The molecule has 0 aliphatic carbocycles. The SMILES string of the molecule is CCCCCCCCOc1cccc(-c2nc3c(-c4cccs4)ccc(-c4cccs4)c3nc2-c2cccc(OCCCCCCCC)c2)c1. The van der Waals surface area contributed by atoms with Gasteiger partial charge in [-0.1, -0.05) is 127 Å². The molecule has 0 atom stereocenters. The minimum Gasteiger partial charge on any atom is -0.494 e. The van der Waals surface area contributed by atoms with E-state index in [4.69, 9.17) is 19.4 Å². The molecule has 3 aromatic heterocycles. The van der Waals surface area contributed by atoms with Crippen molar-refractivity contribution in [1.29, 1.82) is 0 Å². The average molecular weight is 703 g/mol. The Balaban J connectivity index is 1.38. The molecule has 6 rings (SSSR count). The summed E-state index contributed by atoms with van der Waals surface area (Å²) in [4.78, 5) is 13.4. The molecule has 0 fully saturated rings. The zero-order valence-electron chi connectivity index (χ0n) is 29.7. The summed E-state index contributed by atoms with van der Waals surface area (Å²) in [6.07, 6.45) is 14.9. The molecule has 6 heteroatoms. The lowest BCUT2D eigenvalue weighted by atomic mass is 10.0. The Kier molecular flexibility index (Phi) is 13.5. The first kappa shape index (κ1) is 35.8. The Labute approximate surface area is 306 Å². The Morgan fingerprint density at radius 1 is 0.480 bits per heavy atom. The van der Waals surface area contributed by atoms with Crippen LogP contribution in [0, 0.1) is 0 Å². The summed E-state index contributed by atoms with van der Waals surface area (Å²) in [6.45, 7) is 5.96. The average Bonchev–Trinajstić information content (AvgIpc) is 3.89. The Morgan fingerprint density at radius 3 is 1.34 bits per heavy atom. The summed E-state index contributed by atoms with van der Waals surface area (Å²) in [6, 6.07) is 29.7. The number of aromatic nitrogens is 2. The molecule has 3 heterocycles. The second kappa shape index (κ2) is 18.8. The van der Waals surface area contributed by atoms with E-state index in [1.165, 1.54) is 74.0 Å². The van der Waals surface area contributed by atoms with Gasteiger partial charge in [0.25, 0.3) is 0 Å². The van der Waals surface area contributed by atoms with Crippen molar-refractivity contribution in [3.05, 3.63) is 95.7 Å². The van der Waals surface area contributed by atoms with Crippen LogP contribution in [-0.4, -0.2) is 23.2 Å². The summed E-state index contributed by atoms with van der Waals surface area (Å²) >= 11 is 3.46.